The number of rotatable bonds is 3. The lowest BCUT2D eigenvalue weighted by Crippen LogP contribution is -2.38. The third kappa shape index (κ3) is 2.75. The van der Waals surface area contributed by atoms with Crippen molar-refractivity contribution in [1.82, 2.24) is 19.9 Å². The monoisotopic (exact) mass is 378 g/mol. The molecule has 2 aliphatic rings. The Morgan fingerprint density at radius 1 is 1.14 bits per heavy atom. The number of fused-ring (bicyclic) bond motifs is 1. The fourth-order valence-electron chi connectivity index (χ4n) is 5.26. The zero-order chi connectivity index (χ0) is 19.3. The van der Waals surface area contributed by atoms with Gasteiger partial charge in [-0.15, -0.1) is 0 Å². The first kappa shape index (κ1) is 17.8. The first-order valence-corrected chi connectivity index (χ1v) is 9.99. The van der Waals surface area contributed by atoms with Gasteiger partial charge in [0.2, 0.25) is 0 Å². The van der Waals surface area contributed by atoms with E-state index in [1.807, 2.05) is 29.8 Å². The number of hydrogen-bond acceptors (Lipinski definition) is 5. The molecule has 0 radical (unpaired) electrons. The van der Waals surface area contributed by atoms with Gasteiger partial charge < -0.3 is 20.1 Å². The minimum Gasteiger partial charge on any atom is -0.390 e. The van der Waals surface area contributed by atoms with Gasteiger partial charge in [0.25, 0.3) is 0 Å². The van der Waals surface area contributed by atoms with E-state index in [9.17, 15) is 10.2 Å². The molecule has 1 aliphatic carbocycles. The standard InChI is InChI=1S/C22H26N4O2/c1-14-17-7-8-26(21(17)25-13-24-14)18-11-22(20(28)19(18)27)10-16(23-12-22)9-15-5-3-2-4-6-15/h2-8,13,16,18-20,23,27-28H,9-12H2,1H3. The SMILES string of the molecule is Cc1ncnc2c1ccn2C1CC2(CNC(Cc3ccccc3)C2)C(O)C1O. The Labute approximate surface area is 164 Å². The quantitative estimate of drug-likeness (QED) is 0.649. The van der Waals surface area contributed by atoms with E-state index in [2.05, 4.69) is 39.6 Å². The fourth-order valence-corrected chi connectivity index (χ4v) is 5.26. The second-order valence-corrected chi connectivity index (χ2v) is 8.46. The van der Waals surface area contributed by atoms with E-state index in [0.717, 1.165) is 42.5 Å². The van der Waals surface area contributed by atoms with Crippen LogP contribution in [0.5, 0.6) is 0 Å². The van der Waals surface area contributed by atoms with Gasteiger partial charge in [-0.2, -0.15) is 0 Å². The molecule has 0 amide bonds. The van der Waals surface area contributed by atoms with Gasteiger partial charge in [0.05, 0.1) is 17.8 Å². The van der Waals surface area contributed by atoms with Gasteiger partial charge in [-0.05, 0) is 37.8 Å². The summed E-state index contributed by atoms with van der Waals surface area (Å²) < 4.78 is 2.02. The average molecular weight is 378 g/mol. The molecule has 28 heavy (non-hydrogen) atoms. The van der Waals surface area contributed by atoms with Gasteiger partial charge in [0.15, 0.2) is 0 Å². The molecule has 3 heterocycles. The molecule has 2 aromatic heterocycles. The highest BCUT2D eigenvalue weighted by Crippen LogP contribution is 2.50. The Balaban J connectivity index is 1.40. The van der Waals surface area contributed by atoms with Crippen molar-refractivity contribution in [2.45, 2.75) is 50.5 Å². The van der Waals surface area contributed by atoms with E-state index in [1.165, 1.54) is 5.56 Å². The number of nitrogens with zero attached hydrogens (tertiary/aromatic N) is 3. The van der Waals surface area contributed by atoms with Crippen LogP contribution in [0.2, 0.25) is 0 Å². The molecule has 3 aromatic rings. The molecule has 1 saturated heterocycles. The van der Waals surface area contributed by atoms with E-state index < -0.39 is 12.2 Å². The van der Waals surface area contributed by atoms with Crippen LogP contribution in [0.15, 0.2) is 48.9 Å². The van der Waals surface area contributed by atoms with E-state index in [-0.39, 0.29) is 11.5 Å². The fraction of sp³-hybridized carbons (Fsp3) is 0.455. The molecule has 1 aliphatic heterocycles. The zero-order valence-corrected chi connectivity index (χ0v) is 16.0. The maximum absolute atomic E-state index is 11.0. The molecule has 5 atom stereocenters. The molecule has 1 spiro atoms. The summed E-state index contributed by atoms with van der Waals surface area (Å²) in [6.45, 7) is 2.69. The predicted molar refractivity (Wildman–Crippen MR) is 107 cm³/mol. The van der Waals surface area contributed by atoms with Crippen molar-refractivity contribution in [1.29, 1.82) is 0 Å². The first-order valence-electron chi connectivity index (χ1n) is 9.99. The van der Waals surface area contributed by atoms with Gasteiger partial charge in [-0.25, -0.2) is 9.97 Å². The van der Waals surface area contributed by atoms with Crippen molar-refractivity contribution in [2.24, 2.45) is 5.41 Å². The van der Waals surface area contributed by atoms with Crippen molar-refractivity contribution in [3.8, 4) is 0 Å². The zero-order valence-electron chi connectivity index (χ0n) is 16.0. The Kier molecular flexibility index (Phi) is 4.23. The molecule has 1 saturated carbocycles. The summed E-state index contributed by atoms with van der Waals surface area (Å²) in [5, 5.41) is 26.5. The average Bonchev–Trinajstić information content (AvgIpc) is 3.37. The maximum Gasteiger partial charge on any atom is 0.143 e. The minimum absolute atomic E-state index is 0.181. The summed E-state index contributed by atoms with van der Waals surface area (Å²) in [5.74, 6) is 0. The summed E-state index contributed by atoms with van der Waals surface area (Å²) in [7, 11) is 0. The lowest BCUT2D eigenvalue weighted by molar-refractivity contribution is -0.0217. The van der Waals surface area contributed by atoms with Crippen LogP contribution in [0, 0.1) is 12.3 Å². The number of hydrogen-bond donors (Lipinski definition) is 3. The summed E-state index contributed by atoms with van der Waals surface area (Å²) >= 11 is 0. The predicted octanol–water partition coefficient (Wildman–Crippen LogP) is 2.00. The highest BCUT2D eigenvalue weighted by molar-refractivity contribution is 5.78. The number of benzene rings is 1. The van der Waals surface area contributed by atoms with Gasteiger partial charge >= 0.3 is 0 Å². The van der Waals surface area contributed by atoms with E-state index >= 15 is 0 Å². The highest BCUT2D eigenvalue weighted by Gasteiger charge is 2.56. The van der Waals surface area contributed by atoms with E-state index in [4.69, 9.17) is 0 Å². The Morgan fingerprint density at radius 3 is 2.79 bits per heavy atom. The molecule has 6 nitrogen and oxygen atoms in total. The lowest BCUT2D eigenvalue weighted by Gasteiger charge is -2.27. The molecular weight excluding hydrogens is 352 g/mol. The Morgan fingerprint density at radius 2 is 1.96 bits per heavy atom. The van der Waals surface area contributed by atoms with Crippen LogP contribution in [0.4, 0.5) is 0 Å². The number of nitrogens with one attached hydrogen (secondary N) is 1. The lowest BCUT2D eigenvalue weighted by atomic mass is 9.80. The number of aromatic nitrogens is 3. The summed E-state index contributed by atoms with van der Waals surface area (Å²) in [6, 6.07) is 12.6. The molecule has 0 bridgehead atoms. The summed E-state index contributed by atoms with van der Waals surface area (Å²) in [6.07, 6.45) is 4.53. The Bertz CT molecular complexity index is 989. The van der Waals surface area contributed by atoms with Crippen LogP contribution in [0.3, 0.4) is 0 Å². The van der Waals surface area contributed by atoms with Crippen LogP contribution >= 0.6 is 0 Å². The van der Waals surface area contributed by atoms with Crippen molar-refractivity contribution in [2.75, 3.05) is 6.54 Å². The van der Waals surface area contributed by atoms with Crippen molar-refractivity contribution in [3.05, 3.63) is 60.2 Å². The van der Waals surface area contributed by atoms with Gasteiger partial charge in [0, 0.05) is 29.6 Å². The molecule has 5 rings (SSSR count). The van der Waals surface area contributed by atoms with Crippen molar-refractivity contribution < 1.29 is 10.2 Å². The smallest absolute Gasteiger partial charge is 0.143 e. The molecule has 2 fully saturated rings. The molecule has 1 aromatic carbocycles. The Hall–Kier alpha value is -2.28. The number of aryl methyl sites for hydroxylation is 1. The summed E-state index contributed by atoms with van der Waals surface area (Å²) in [4.78, 5) is 8.69. The normalized spacial score (nSPS) is 32.5. The molecule has 5 unspecified atom stereocenters. The van der Waals surface area contributed by atoms with Crippen molar-refractivity contribution >= 4 is 11.0 Å². The molecular formula is C22H26N4O2. The molecule has 6 heteroatoms. The maximum atomic E-state index is 11.0. The van der Waals surface area contributed by atoms with Crippen LogP contribution in [0.1, 0.15) is 30.1 Å². The van der Waals surface area contributed by atoms with Crippen LogP contribution in [-0.2, 0) is 6.42 Å². The second kappa shape index (κ2) is 6.65. The number of aliphatic hydroxyl groups excluding tert-OH is 2. The summed E-state index contributed by atoms with van der Waals surface area (Å²) in [5.41, 5.74) is 2.75. The third-order valence-corrected chi connectivity index (χ3v) is 6.75. The second-order valence-electron chi connectivity index (χ2n) is 8.46. The van der Waals surface area contributed by atoms with Gasteiger partial charge in [-0.1, -0.05) is 30.3 Å². The van der Waals surface area contributed by atoms with Crippen LogP contribution in [0.25, 0.3) is 11.0 Å². The van der Waals surface area contributed by atoms with Gasteiger partial charge in [0.1, 0.15) is 18.1 Å². The minimum atomic E-state index is -0.803. The van der Waals surface area contributed by atoms with Crippen molar-refractivity contribution in [3.63, 3.8) is 0 Å². The van der Waals surface area contributed by atoms with E-state index in [0.29, 0.717) is 6.04 Å². The van der Waals surface area contributed by atoms with Crippen LogP contribution in [-0.4, -0.2) is 49.5 Å². The number of aliphatic hydroxyl groups is 2. The molecule has 146 valence electrons. The van der Waals surface area contributed by atoms with E-state index in [1.54, 1.807) is 6.33 Å². The topological polar surface area (TPSA) is 83.2 Å². The first-order chi connectivity index (χ1) is 13.6. The highest BCUT2D eigenvalue weighted by atomic mass is 16.3. The van der Waals surface area contributed by atoms with Gasteiger partial charge in [-0.3, -0.25) is 0 Å². The largest absolute Gasteiger partial charge is 0.390 e. The molecule has 3 N–H and O–H groups in total. The van der Waals surface area contributed by atoms with Crippen LogP contribution < -0.4 is 5.32 Å². The third-order valence-electron chi connectivity index (χ3n) is 6.75.